The van der Waals surface area contributed by atoms with Gasteiger partial charge in [0.05, 0.1) is 16.9 Å². The first-order chi connectivity index (χ1) is 10.7. The van der Waals surface area contributed by atoms with Crippen molar-refractivity contribution in [2.45, 2.75) is 6.92 Å². The molecule has 1 aliphatic heterocycles. The highest BCUT2D eigenvalue weighted by Crippen LogP contribution is 2.22. The van der Waals surface area contributed by atoms with Crippen molar-refractivity contribution in [2.75, 3.05) is 44.2 Å². The number of benzene rings is 1. The summed E-state index contributed by atoms with van der Waals surface area (Å²) >= 11 is 1.53. The largest absolute Gasteiger partial charge is 0.481 e. The van der Waals surface area contributed by atoms with Crippen molar-refractivity contribution in [1.82, 2.24) is 9.88 Å². The van der Waals surface area contributed by atoms with E-state index in [0.29, 0.717) is 12.3 Å². The number of ether oxygens (including phenoxy) is 1. The number of nitrogens with zero attached hydrogens (tertiary/aromatic N) is 3. The predicted octanol–water partition coefficient (Wildman–Crippen LogP) is 2.79. The Morgan fingerprint density at radius 2 is 2.00 bits per heavy atom. The van der Waals surface area contributed by atoms with Gasteiger partial charge in [-0.2, -0.15) is 0 Å². The molecule has 0 spiro atoms. The first-order valence-corrected chi connectivity index (χ1v) is 8.37. The van der Waals surface area contributed by atoms with Crippen LogP contribution in [0, 0.1) is 12.7 Å². The molecule has 22 heavy (non-hydrogen) atoms. The molecule has 3 rings (SSSR count). The number of hydrogen-bond acceptors (Lipinski definition) is 5. The fraction of sp³-hybridized carbons (Fsp3) is 0.438. The molecule has 2 heterocycles. The van der Waals surface area contributed by atoms with Gasteiger partial charge in [-0.15, -0.1) is 0 Å². The van der Waals surface area contributed by atoms with Crippen LogP contribution >= 0.6 is 11.3 Å². The van der Waals surface area contributed by atoms with Crippen LogP contribution in [-0.4, -0.2) is 49.2 Å². The zero-order valence-electron chi connectivity index (χ0n) is 12.7. The Morgan fingerprint density at radius 3 is 2.68 bits per heavy atom. The molecule has 1 aromatic heterocycles. The van der Waals surface area contributed by atoms with Gasteiger partial charge in [0.2, 0.25) is 0 Å². The van der Waals surface area contributed by atoms with Crippen molar-refractivity contribution in [3.8, 4) is 5.06 Å². The highest BCUT2D eigenvalue weighted by molar-refractivity contribution is 7.11. The number of halogens is 1. The van der Waals surface area contributed by atoms with Crippen LogP contribution in [0.3, 0.4) is 0 Å². The van der Waals surface area contributed by atoms with Crippen LogP contribution in [0.25, 0.3) is 0 Å². The molecular weight excluding hydrogens is 301 g/mol. The maximum absolute atomic E-state index is 13.8. The Hall–Kier alpha value is -1.66. The van der Waals surface area contributed by atoms with Crippen molar-refractivity contribution >= 4 is 17.0 Å². The molecule has 0 N–H and O–H groups in total. The van der Waals surface area contributed by atoms with Crippen LogP contribution in [-0.2, 0) is 0 Å². The number of anilines is 1. The second kappa shape index (κ2) is 7.07. The van der Waals surface area contributed by atoms with Gasteiger partial charge in [-0.1, -0.05) is 23.5 Å². The Bertz CT molecular complexity index is 611. The van der Waals surface area contributed by atoms with Crippen LogP contribution in [0.4, 0.5) is 10.1 Å². The van der Waals surface area contributed by atoms with Crippen LogP contribution < -0.4 is 9.64 Å². The third-order valence-corrected chi connectivity index (χ3v) is 4.75. The second-order valence-corrected chi connectivity index (χ2v) is 6.17. The third-order valence-electron chi connectivity index (χ3n) is 3.91. The lowest BCUT2D eigenvalue weighted by atomic mass is 10.2. The van der Waals surface area contributed by atoms with E-state index in [0.717, 1.165) is 43.5 Å². The van der Waals surface area contributed by atoms with E-state index < -0.39 is 0 Å². The normalized spacial score (nSPS) is 16.0. The van der Waals surface area contributed by atoms with Gasteiger partial charge in [0.1, 0.15) is 12.4 Å². The minimum atomic E-state index is -0.139. The molecule has 0 atom stereocenters. The summed E-state index contributed by atoms with van der Waals surface area (Å²) in [6.07, 6.45) is 0. The van der Waals surface area contributed by atoms with Gasteiger partial charge in [-0.25, -0.2) is 9.37 Å². The molecule has 0 unspecified atom stereocenters. The first-order valence-electron chi connectivity index (χ1n) is 7.49. The van der Waals surface area contributed by atoms with E-state index in [-0.39, 0.29) is 5.82 Å². The van der Waals surface area contributed by atoms with E-state index >= 15 is 0 Å². The van der Waals surface area contributed by atoms with Gasteiger partial charge in [0.25, 0.3) is 0 Å². The highest BCUT2D eigenvalue weighted by Gasteiger charge is 2.19. The zero-order valence-corrected chi connectivity index (χ0v) is 13.5. The van der Waals surface area contributed by atoms with Gasteiger partial charge in [-0.05, 0) is 19.1 Å². The number of aryl methyl sites for hydroxylation is 1. The molecule has 0 bridgehead atoms. The minimum absolute atomic E-state index is 0.139. The van der Waals surface area contributed by atoms with Crippen molar-refractivity contribution < 1.29 is 9.13 Å². The summed E-state index contributed by atoms with van der Waals surface area (Å²) in [6.45, 7) is 7.07. The summed E-state index contributed by atoms with van der Waals surface area (Å²) < 4.78 is 19.5. The third kappa shape index (κ3) is 3.56. The van der Waals surface area contributed by atoms with Gasteiger partial charge in [0, 0.05) is 32.7 Å². The fourth-order valence-corrected chi connectivity index (χ4v) is 3.30. The number of hydrogen-bond donors (Lipinski definition) is 0. The lowest BCUT2D eigenvalue weighted by Crippen LogP contribution is -2.47. The number of rotatable bonds is 5. The molecule has 0 amide bonds. The van der Waals surface area contributed by atoms with Crippen molar-refractivity contribution in [3.05, 3.63) is 41.3 Å². The summed E-state index contributed by atoms with van der Waals surface area (Å²) in [5.74, 6) is -0.139. The van der Waals surface area contributed by atoms with E-state index in [1.807, 2.05) is 19.1 Å². The number of para-hydroxylation sites is 1. The summed E-state index contributed by atoms with van der Waals surface area (Å²) in [5.41, 5.74) is 3.46. The quantitative estimate of drug-likeness (QED) is 0.847. The zero-order chi connectivity index (χ0) is 15.4. The Labute approximate surface area is 134 Å². The molecule has 2 aromatic rings. The van der Waals surface area contributed by atoms with Crippen LogP contribution in [0.15, 0.2) is 29.8 Å². The topological polar surface area (TPSA) is 28.6 Å². The molecule has 1 saturated heterocycles. The van der Waals surface area contributed by atoms with Gasteiger partial charge >= 0.3 is 0 Å². The monoisotopic (exact) mass is 321 g/mol. The van der Waals surface area contributed by atoms with Gasteiger partial charge in [0.15, 0.2) is 5.06 Å². The maximum atomic E-state index is 13.8. The Kier molecular flexibility index (Phi) is 4.90. The minimum Gasteiger partial charge on any atom is -0.481 e. The molecule has 1 aliphatic rings. The lowest BCUT2D eigenvalue weighted by molar-refractivity contribution is 0.202. The van der Waals surface area contributed by atoms with Gasteiger partial charge < -0.3 is 9.64 Å². The smallest absolute Gasteiger partial charge is 0.196 e. The van der Waals surface area contributed by atoms with Crippen molar-refractivity contribution in [3.63, 3.8) is 0 Å². The van der Waals surface area contributed by atoms with Crippen molar-refractivity contribution in [2.24, 2.45) is 0 Å². The highest BCUT2D eigenvalue weighted by atomic mass is 32.1. The molecule has 1 aromatic carbocycles. The number of aromatic nitrogens is 1. The molecule has 6 heteroatoms. The Balaban J connectivity index is 1.44. The van der Waals surface area contributed by atoms with Crippen molar-refractivity contribution in [1.29, 1.82) is 0 Å². The number of thiazole rings is 1. The van der Waals surface area contributed by atoms with E-state index in [9.17, 15) is 4.39 Å². The molecular formula is C16H20FN3OS. The predicted molar refractivity (Wildman–Crippen MR) is 87.4 cm³/mol. The second-order valence-electron chi connectivity index (χ2n) is 5.35. The van der Waals surface area contributed by atoms with E-state index in [1.165, 1.54) is 17.4 Å². The molecule has 0 aliphatic carbocycles. The summed E-state index contributed by atoms with van der Waals surface area (Å²) in [7, 11) is 0. The lowest BCUT2D eigenvalue weighted by Gasteiger charge is -2.36. The molecule has 0 saturated carbocycles. The van der Waals surface area contributed by atoms with Crippen LogP contribution in [0.5, 0.6) is 5.06 Å². The summed E-state index contributed by atoms with van der Waals surface area (Å²) in [4.78, 5) is 8.64. The average molecular weight is 321 g/mol. The molecule has 4 nitrogen and oxygen atoms in total. The Morgan fingerprint density at radius 1 is 1.23 bits per heavy atom. The average Bonchev–Trinajstić information content (AvgIpc) is 2.94. The first kappa shape index (κ1) is 15.2. The van der Waals surface area contributed by atoms with E-state index in [2.05, 4.69) is 14.8 Å². The standard InChI is InChI=1S/C16H20FN3OS/c1-13-16(22-12-18-13)21-11-10-19-6-8-20(9-7-19)15-5-3-2-4-14(15)17/h2-5,12H,6-11H2,1H3. The van der Waals surface area contributed by atoms with Crippen LogP contribution in [0.2, 0.25) is 0 Å². The van der Waals surface area contributed by atoms with E-state index in [1.54, 1.807) is 11.6 Å². The van der Waals surface area contributed by atoms with Gasteiger partial charge in [-0.3, -0.25) is 4.90 Å². The summed E-state index contributed by atoms with van der Waals surface area (Å²) in [5, 5.41) is 0.907. The summed E-state index contributed by atoms with van der Waals surface area (Å²) in [6, 6.07) is 6.98. The van der Waals surface area contributed by atoms with Crippen LogP contribution in [0.1, 0.15) is 5.69 Å². The molecule has 0 radical (unpaired) electrons. The fourth-order valence-electron chi connectivity index (χ4n) is 2.62. The molecule has 1 fully saturated rings. The maximum Gasteiger partial charge on any atom is 0.196 e. The molecule has 118 valence electrons. The van der Waals surface area contributed by atoms with E-state index in [4.69, 9.17) is 4.74 Å². The SMILES string of the molecule is Cc1ncsc1OCCN1CCN(c2ccccc2F)CC1. The number of piperazine rings is 1.